The molecular weight excluding hydrogens is 402 g/mol. The van der Waals surface area contributed by atoms with Gasteiger partial charge in [-0.2, -0.15) is 9.97 Å². The van der Waals surface area contributed by atoms with Crippen LogP contribution in [0.5, 0.6) is 0 Å². The standard InChI is InChI=1S/C16H18ClFN6.2ClH/c1-9(19)7-11-13(18)12-14(21-8-10-5-3-4-6-20-10)22-16(17)23-15(12)24(11)2;;/h3-6,9H,7-8,19H2,1-2H3,(H,21,22,23);2*1H. The number of pyridine rings is 1. The van der Waals surface area contributed by atoms with Crippen molar-refractivity contribution in [1.82, 2.24) is 19.5 Å². The third-order valence-electron chi connectivity index (χ3n) is 3.74. The van der Waals surface area contributed by atoms with Gasteiger partial charge in [0.25, 0.3) is 0 Å². The second kappa shape index (κ2) is 9.32. The molecule has 142 valence electrons. The number of nitrogens with one attached hydrogen (secondary N) is 1. The summed E-state index contributed by atoms with van der Waals surface area (Å²) in [6, 6.07) is 5.42. The van der Waals surface area contributed by atoms with Crippen molar-refractivity contribution in [2.24, 2.45) is 12.8 Å². The molecule has 0 saturated carbocycles. The average Bonchev–Trinajstić information content (AvgIpc) is 2.78. The van der Waals surface area contributed by atoms with Gasteiger partial charge in [0.15, 0.2) is 5.82 Å². The Labute approximate surface area is 168 Å². The summed E-state index contributed by atoms with van der Waals surface area (Å²) in [6.45, 7) is 2.23. The molecule has 26 heavy (non-hydrogen) atoms. The predicted octanol–water partition coefficient (Wildman–Crippen LogP) is 3.50. The number of hydrogen-bond acceptors (Lipinski definition) is 5. The summed E-state index contributed by atoms with van der Waals surface area (Å²) < 4.78 is 16.6. The molecule has 3 rings (SSSR count). The highest BCUT2D eigenvalue weighted by Crippen LogP contribution is 2.30. The van der Waals surface area contributed by atoms with Crippen LogP contribution < -0.4 is 11.1 Å². The molecule has 3 aromatic heterocycles. The largest absolute Gasteiger partial charge is 0.364 e. The molecule has 0 aliphatic carbocycles. The summed E-state index contributed by atoms with van der Waals surface area (Å²) in [5.74, 6) is -0.0235. The molecule has 0 spiro atoms. The molecule has 3 aromatic rings. The van der Waals surface area contributed by atoms with Crippen LogP contribution in [-0.4, -0.2) is 25.6 Å². The highest BCUT2D eigenvalue weighted by Gasteiger charge is 2.22. The minimum atomic E-state index is -0.370. The lowest BCUT2D eigenvalue weighted by Gasteiger charge is -2.07. The van der Waals surface area contributed by atoms with Crippen molar-refractivity contribution in [1.29, 1.82) is 0 Å². The number of halogens is 4. The van der Waals surface area contributed by atoms with Gasteiger partial charge in [0.2, 0.25) is 5.28 Å². The maximum Gasteiger partial charge on any atom is 0.226 e. The molecule has 0 aliphatic rings. The van der Waals surface area contributed by atoms with E-state index in [4.69, 9.17) is 17.3 Å². The van der Waals surface area contributed by atoms with E-state index in [0.29, 0.717) is 35.5 Å². The molecule has 1 atom stereocenters. The molecular formula is C16H20Cl3FN6. The number of nitrogens with zero attached hydrogens (tertiary/aromatic N) is 4. The first-order valence-electron chi connectivity index (χ1n) is 7.57. The molecule has 0 aromatic carbocycles. The van der Waals surface area contributed by atoms with Crippen molar-refractivity contribution in [3.63, 3.8) is 0 Å². The quantitative estimate of drug-likeness (QED) is 0.616. The van der Waals surface area contributed by atoms with Crippen molar-refractivity contribution >= 4 is 53.3 Å². The van der Waals surface area contributed by atoms with E-state index in [1.165, 1.54) is 0 Å². The van der Waals surface area contributed by atoms with Gasteiger partial charge in [-0.3, -0.25) is 4.98 Å². The van der Waals surface area contributed by atoms with E-state index < -0.39 is 0 Å². The fourth-order valence-corrected chi connectivity index (χ4v) is 2.79. The van der Waals surface area contributed by atoms with Gasteiger partial charge < -0.3 is 15.6 Å². The first-order valence-corrected chi connectivity index (χ1v) is 7.94. The highest BCUT2D eigenvalue weighted by atomic mass is 35.5. The van der Waals surface area contributed by atoms with Gasteiger partial charge in [0, 0.05) is 25.7 Å². The molecule has 0 amide bonds. The maximum atomic E-state index is 14.9. The van der Waals surface area contributed by atoms with Crippen molar-refractivity contribution in [2.75, 3.05) is 5.32 Å². The van der Waals surface area contributed by atoms with Crippen molar-refractivity contribution in [2.45, 2.75) is 25.9 Å². The molecule has 6 nitrogen and oxygen atoms in total. The van der Waals surface area contributed by atoms with Crippen LogP contribution in [0.25, 0.3) is 11.0 Å². The molecule has 10 heteroatoms. The lowest BCUT2D eigenvalue weighted by molar-refractivity contribution is 0.586. The molecule has 1 unspecified atom stereocenters. The fraction of sp³-hybridized carbons (Fsp3) is 0.312. The Morgan fingerprint density at radius 3 is 2.65 bits per heavy atom. The Morgan fingerprint density at radius 1 is 1.31 bits per heavy atom. The third kappa shape index (κ3) is 4.54. The van der Waals surface area contributed by atoms with Gasteiger partial charge in [0.1, 0.15) is 11.5 Å². The van der Waals surface area contributed by atoms with Crippen LogP contribution in [-0.2, 0) is 20.0 Å². The highest BCUT2D eigenvalue weighted by molar-refractivity contribution is 6.28. The molecule has 0 aliphatic heterocycles. The zero-order chi connectivity index (χ0) is 17.3. The number of fused-ring (bicyclic) bond motifs is 1. The second-order valence-electron chi connectivity index (χ2n) is 5.72. The smallest absolute Gasteiger partial charge is 0.226 e. The monoisotopic (exact) mass is 420 g/mol. The summed E-state index contributed by atoms with van der Waals surface area (Å²) in [5, 5.41) is 3.46. The Hall–Kier alpha value is -1.67. The Kier molecular flexibility index (Phi) is 8.02. The number of aryl methyl sites for hydroxylation is 1. The third-order valence-corrected chi connectivity index (χ3v) is 3.91. The Balaban J connectivity index is 0.00000169. The van der Waals surface area contributed by atoms with Gasteiger partial charge in [0.05, 0.1) is 23.3 Å². The van der Waals surface area contributed by atoms with E-state index >= 15 is 0 Å². The number of aromatic nitrogens is 4. The summed E-state index contributed by atoms with van der Waals surface area (Å²) in [6.07, 6.45) is 2.10. The maximum absolute atomic E-state index is 14.9. The van der Waals surface area contributed by atoms with Gasteiger partial charge in [-0.1, -0.05) is 6.07 Å². The summed E-state index contributed by atoms with van der Waals surface area (Å²) in [5.41, 5.74) is 7.55. The zero-order valence-electron chi connectivity index (χ0n) is 14.2. The summed E-state index contributed by atoms with van der Waals surface area (Å²) >= 11 is 6.01. The van der Waals surface area contributed by atoms with Crippen LogP contribution in [0.3, 0.4) is 0 Å². The van der Waals surface area contributed by atoms with Gasteiger partial charge in [-0.05, 0) is 30.7 Å². The average molecular weight is 422 g/mol. The number of rotatable bonds is 5. The van der Waals surface area contributed by atoms with E-state index in [0.717, 1.165) is 5.69 Å². The minimum absolute atomic E-state index is 0. The van der Waals surface area contributed by atoms with Crippen LogP contribution in [0.2, 0.25) is 5.28 Å². The molecule has 0 saturated heterocycles. The summed E-state index contributed by atoms with van der Waals surface area (Å²) in [7, 11) is 1.75. The van der Waals surface area contributed by atoms with Crippen LogP contribution in [0.1, 0.15) is 18.3 Å². The molecule has 0 radical (unpaired) electrons. The number of hydrogen-bond donors (Lipinski definition) is 2. The molecule has 0 bridgehead atoms. The van der Waals surface area contributed by atoms with Crippen molar-refractivity contribution in [3.05, 3.63) is 46.9 Å². The summed E-state index contributed by atoms with van der Waals surface area (Å²) in [4.78, 5) is 12.5. The van der Waals surface area contributed by atoms with Gasteiger partial charge >= 0.3 is 0 Å². The lowest BCUT2D eigenvalue weighted by Crippen LogP contribution is -2.20. The second-order valence-corrected chi connectivity index (χ2v) is 6.05. The molecule has 3 heterocycles. The fourth-order valence-electron chi connectivity index (χ4n) is 2.62. The topological polar surface area (TPSA) is 81.7 Å². The van der Waals surface area contributed by atoms with Crippen LogP contribution in [0, 0.1) is 5.82 Å². The Morgan fingerprint density at radius 2 is 2.04 bits per heavy atom. The number of nitrogens with two attached hydrogens (primary N) is 1. The van der Waals surface area contributed by atoms with Crippen LogP contribution in [0.15, 0.2) is 24.4 Å². The van der Waals surface area contributed by atoms with E-state index in [-0.39, 0.29) is 42.0 Å². The van der Waals surface area contributed by atoms with E-state index in [2.05, 4.69) is 20.3 Å². The first kappa shape index (κ1) is 22.4. The first-order chi connectivity index (χ1) is 11.5. The number of anilines is 1. The van der Waals surface area contributed by atoms with Crippen molar-refractivity contribution in [3.8, 4) is 0 Å². The predicted molar refractivity (Wildman–Crippen MR) is 107 cm³/mol. The van der Waals surface area contributed by atoms with Crippen LogP contribution in [0.4, 0.5) is 10.2 Å². The zero-order valence-corrected chi connectivity index (χ0v) is 16.6. The molecule has 3 N–H and O–H groups in total. The Bertz CT molecular complexity index is 870. The minimum Gasteiger partial charge on any atom is -0.364 e. The lowest BCUT2D eigenvalue weighted by atomic mass is 10.2. The van der Waals surface area contributed by atoms with Crippen molar-refractivity contribution < 1.29 is 4.39 Å². The van der Waals surface area contributed by atoms with Gasteiger partial charge in [-0.25, -0.2) is 4.39 Å². The van der Waals surface area contributed by atoms with E-state index in [9.17, 15) is 4.39 Å². The van der Waals surface area contributed by atoms with Gasteiger partial charge in [-0.15, -0.1) is 24.8 Å². The SMILES string of the molecule is CC(N)Cc1c(F)c2c(NCc3ccccn3)nc(Cl)nc2n1C.Cl.Cl. The van der Waals surface area contributed by atoms with E-state index in [1.807, 2.05) is 25.1 Å². The molecule has 0 fully saturated rings. The van der Waals surface area contributed by atoms with E-state index in [1.54, 1.807) is 17.8 Å². The normalized spacial score (nSPS) is 11.6. The van der Waals surface area contributed by atoms with Crippen LogP contribution >= 0.6 is 36.4 Å².